The van der Waals surface area contributed by atoms with Crippen molar-refractivity contribution in [3.63, 3.8) is 0 Å². The lowest BCUT2D eigenvalue weighted by molar-refractivity contribution is -0.142. The largest absolute Gasteiger partial charge is 0.480 e. The quantitative estimate of drug-likeness (QED) is 0.753. The van der Waals surface area contributed by atoms with Crippen LogP contribution in [0.1, 0.15) is 27.2 Å². The molecule has 1 heterocycles. The normalized spacial score (nSPS) is 19.8. The summed E-state index contributed by atoms with van der Waals surface area (Å²) in [5.41, 5.74) is -0.604. The number of aliphatic carboxylic acids is 1. The van der Waals surface area contributed by atoms with Gasteiger partial charge in [0.25, 0.3) is 0 Å². The number of ether oxygens (including phenoxy) is 1. The highest BCUT2D eigenvalue weighted by atomic mass is 16.6. The topological polar surface area (TPSA) is 95.9 Å². The van der Waals surface area contributed by atoms with Crippen LogP contribution in [-0.4, -0.2) is 52.7 Å². The zero-order chi connectivity index (χ0) is 13.9. The van der Waals surface area contributed by atoms with E-state index >= 15 is 0 Å². The first kappa shape index (κ1) is 14.3. The van der Waals surface area contributed by atoms with Gasteiger partial charge in [0.15, 0.2) is 0 Å². The highest BCUT2D eigenvalue weighted by Gasteiger charge is 2.32. The molecule has 0 aromatic carbocycles. The number of carbonyl (C=O) groups is 3. The van der Waals surface area contributed by atoms with Crippen LogP contribution in [0.15, 0.2) is 0 Å². The molecule has 7 heteroatoms. The molecular formula is C11H18N2O5. The third kappa shape index (κ3) is 4.60. The van der Waals surface area contributed by atoms with Gasteiger partial charge in [-0.1, -0.05) is 0 Å². The number of alkyl carbamates (subject to hydrolysis) is 1. The molecular weight excluding hydrogens is 240 g/mol. The van der Waals surface area contributed by atoms with Gasteiger partial charge in [-0.2, -0.15) is 0 Å². The molecule has 0 aliphatic carbocycles. The Balaban J connectivity index is 2.44. The lowest BCUT2D eigenvalue weighted by atomic mass is 10.2. The Bertz CT molecular complexity index is 361. The van der Waals surface area contributed by atoms with Crippen molar-refractivity contribution in [2.24, 2.45) is 0 Å². The molecule has 0 unspecified atom stereocenters. The number of carbonyl (C=O) groups excluding carboxylic acids is 2. The first-order chi connectivity index (χ1) is 8.17. The number of likely N-dealkylation sites (tertiary alicyclic amines) is 1. The van der Waals surface area contributed by atoms with Gasteiger partial charge < -0.3 is 20.1 Å². The van der Waals surface area contributed by atoms with Gasteiger partial charge in [0, 0.05) is 13.0 Å². The molecule has 0 aromatic heterocycles. The zero-order valence-electron chi connectivity index (χ0n) is 10.7. The van der Waals surface area contributed by atoms with Crippen molar-refractivity contribution < 1.29 is 24.2 Å². The van der Waals surface area contributed by atoms with E-state index in [4.69, 9.17) is 9.84 Å². The Morgan fingerprint density at radius 3 is 2.61 bits per heavy atom. The van der Waals surface area contributed by atoms with Crippen molar-refractivity contribution in [2.75, 3.05) is 13.1 Å². The van der Waals surface area contributed by atoms with E-state index in [1.807, 2.05) is 0 Å². The molecule has 0 radical (unpaired) electrons. The third-order valence-electron chi connectivity index (χ3n) is 2.26. The molecule has 0 saturated carbocycles. The fraction of sp³-hybridized carbons (Fsp3) is 0.727. The van der Waals surface area contributed by atoms with Gasteiger partial charge in [-0.15, -0.1) is 0 Å². The Morgan fingerprint density at radius 1 is 1.50 bits per heavy atom. The van der Waals surface area contributed by atoms with E-state index in [2.05, 4.69) is 5.32 Å². The monoisotopic (exact) mass is 258 g/mol. The molecule has 2 N–H and O–H groups in total. The van der Waals surface area contributed by atoms with E-state index in [0.29, 0.717) is 0 Å². The van der Waals surface area contributed by atoms with Crippen molar-refractivity contribution in [1.29, 1.82) is 0 Å². The van der Waals surface area contributed by atoms with Gasteiger partial charge in [0.1, 0.15) is 12.1 Å². The summed E-state index contributed by atoms with van der Waals surface area (Å²) >= 11 is 0. The number of carboxylic acids is 1. The molecule has 1 aliphatic heterocycles. The minimum atomic E-state index is -1.07. The van der Waals surface area contributed by atoms with Gasteiger partial charge in [0.2, 0.25) is 5.91 Å². The summed E-state index contributed by atoms with van der Waals surface area (Å²) in [5.74, 6) is -1.35. The molecule has 7 nitrogen and oxygen atoms in total. The maximum atomic E-state index is 11.5. The van der Waals surface area contributed by atoms with Crippen LogP contribution in [0.5, 0.6) is 0 Å². The molecule has 0 aromatic rings. The molecule has 2 amide bonds. The van der Waals surface area contributed by atoms with Crippen molar-refractivity contribution in [3.8, 4) is 0 Å². The molecule has 0 spiro atoms. The predicted molar refractivity (Wildman–Crippen MR) is 62.0 cm³/mol. The van der Waals surface area contributed by atoms with Crippen LogP contribution in [0.25, 0.3) is 0 Å². The lowest BCUT2D eigenvalue weighted by Gasteiger charge is -2.21. The van der Waals surface area contributed by atoms with Crippen molar-refractivity contribution in [2.45, 2.75) is 38.8 Å². The standard InChI is InChI=1S/C11H18N2O5/c1-11(2,3)18-10(17)12-7-4-8(14)13(5-7)6-9(15)16/h7H,4-6H2,1-3H3,(H,12,17)(H,15,16)/t7-/m0/s1. The number of hydrogen-bond donors (Lipinski definition) is 2. The first-order valence-electron chi connectivity index (χ1n) is 5.66. The second-order valence-corrected chi connectivity index (χ2v) is 5.22. The molecule has 1 rings (SSSR count). The Labute approximate surface area is 105 Å². The van der Waals surface area contributed by atoms with Crippen LogP contribution in [-0.2, 0) is 14.3 Å². The SMILES string of the molecule is CC(C)(C)OC(=O)N[C@H]1CC(=O)N(CC(=O)O)C1. The number of carboxylic acid groups (broad SMARTS) is 1. The van der Waals surface area contributed by atoms with E-state index in [0.717, 1.165) is 0 Å². The summed E-state index contributed by atoms with van der Waals surface area (Å²) in [6.07, 6.45) is -0.496. The average Bonchev–Trinajstić information content (AvgIpc) is 2.41. The molecule has 102 valence electrons. The summed E-state index contributed by atoms with van der Waals surface area (Å²) in [6, 6.07) is -0.397. The summed E-state index contributed by atoms with van der Waals surface area (Å²) in [6.45, 7) is 5.07. The number of nitrogens with zero attached hydrogens (tertiary/aromatic N) is 1. The maximum Gasteiger partial charge on any atom is 0.407 e. The van der Waals surface area contributed by atoms with Crippen LogP contribution >= 0.6 is 0 Å². The molecule has 18 heavy (non-hydrogen) atoms. The second-order valence-electron chi connectivity index (χ2n) is 5.22. The third-order valence-corrected chi connectivity index (χ3v) is 2.26. The number of nitrogens with one attached hydrogen (secondary N) is 1. The highest BCUT2D eigenvalue weighted by Crippen LogP contribution is 2.12. The van der Waals surface area contributed by atoms with Gasteiger partial charge in [-0.25, -0.2) is 4.79 Å². The minimum absolute atomic E-state index is 0.104. The second kappa shape index (κ2) is 5.24. The summed E-state index contributed by atoms with van der Waals surface area (Å²) < 4.78 is 5.06. The minimum Gasteiger partial charge on any atom is -0.480 e. The molecule has 1 saturated heterocycles. The predicted octanol–water partition coefficient (Wildman–Crippen LogP) is 0.197. The van der Waals surface area contributed by atoms with E-state index in [1.165, 1.54) is 4.90 Å². The lowest BCUT2D eigenvalue weighted by Crippen LogP contribution is -2.41. The number of amides is 2. The highest BCUT2D eigenvalue weighted by molar-refractivity contribution is 5.84. The Morgan fingerprint density at radius 2 is 2.11 bits per heavy atom. The maximum absolute atomic E-state index is 11.5. The van der Waals surface area contributed by atoms with Gasteiger partial charge in [-0.05, 0) is 20.8 Å². The molecule has 1 aliphatic rings. The molecule has 1 atom stereocenters. The van der Waals surface area contributed by atoms with Crippen LogP contribution in [0.4, 0.5) is 4.79 Å². The van der Waals surface area contributed by atoms with Crippen LogP contribution in [0.3, 0.4) is 0 Å². The first-order valence-corrected chi connectivity index (χ1v) is 5.66. The van der Waals surface area contributed by atoms with Crippen LogP contribution in [0.2, 0.25) is 0 Å². The number of hydrogen-bond acceptors (Lipinski definition) is 4. The fourth-order valence-electron chi connectivity index (χ4n) is 1.66. The smallest absolute Gasteiger partial charge is 0.407 e. The Hall–Kier alpha value is -1.79. The van der Waals surface area contributed by atoms with Crippen molar-refractivity contribution in [1.82, 2.24) is 10.2 Å². The van der Waals surface area contributed by atoms with E-state index in [1.54, 1.807) is 20.8 Å². The fourth-order valence-corrected chi connectivity index (χ4v) is 1.66. The van der Waals surface area contributed by atoms with Crippen molar-refractivity contribution >= 4 is 18.0 Å². The van der Waals surface area contributed by atoms with Crippen molar-refractivity contribution in [3.05, 3.63) is 0 Å². The molecule has 0 bridgehead atoms. The summed E-state index contributed by atoms with van der Waals surface area (Å²) in [4.78, 5) is 34.6. The van der Waals surface area contributed by atoms with E-state index in [9.17, 15) is 14.4 Å². The van der Waals surface area contributed by atoms with Gasteiger partial charge in [0.05, 0.1) is 6.04 Å². The van der Waals surface area contributed by atoms with Gasteiger partial charge >= 0.3 is 12.1 Å². The number of rotatable bonds is 3. The van der Waals surface area contributed by atoms with Gasteiger partial charge in [-0.3, -0.25) is 9.59 Å². The van der Waals surface area contributed by atoms with E-state index < -0.39 is 23.7 Å². The van der Waals surface area contributed by atoms with Crippen LogP contribution < -0.4 is 5.32 Å². The van der Waals surface area contributed by atoms with E-state index in [-0.39, 0.29) is 25.4 Å². The van der Waals surface area contributed by atoms with Crippen LogP contribution in [0, 0.1) is 0 Å². The molecule has 1 fully saturated rings. The summed E-state index contributed by atoms with van der Waals surface area (Å²) in [5, 5.41) is 11.2. The zero-order valence-corrected chi connectivity index (χ0v) is 10.7. The average molecular weight is 258 g/mol. The summed E-state index contributed by atoms with van der Waals surface area (Å²) in [7, 11) is 0. The Kier molecular flexibility index (Phi) is 4.15.